The number of hydrogen-bond donors (Lipinski definition) is 2. The molecule has 29 heavy (non-hydrogen) atoms. The third-order valence-corrected chi connectivity index (χ3v) is 4.72. The van der Waals surface area contributed by atoms with Gasteiger partial charge in [0.25, 0.3) is 5.56 Å². The van der Waals surface area contributed by atoms with Gasteiger partial charge in [0.2, 0.25) is 0 Å². The predicted octanol–water partition coefficient (Wildman–Crippen LogP) is 2.19. The Balaban J connectivity index is 2.01. The Labute approximate surface area is 172 Å². The van der Waals surface area contributed by atoms with Crippen molar-refractivity contribution in [1.82, 2.24) is 9.66 Å². The van der Waals surface area contributed by atoms with Crippen molar-refractivity contribution in [3.05, 3.63) is 67.3 Å². The number of halogens is 1. The molecular formula is C19H16BrN3O6. The van der Waals surface area contributed by atoms with Crippen LogP contribution < -0.4 is 20.7 Å². The number of aliphatic carboxylic acids is 1. The summed E-state index contributed by atoms with van der Waals surface area (Å²) >= 11 is 3.34. The minimum Gasteiger partial charge on any atom is -0.493 e. The molecule has 0 aliphatic carbocycles. The fraction of sp³-hybridized carbons (Fsp3) is 0.158. The summed E-state index contributed by atoms with van der Waals surface area (Å²) in [7, 11) is 1.40. The number of methoxy groups -OCH3 is 1. The molecule has 0 unspecified atom stereocenters. The van der Waals surface area contributed by atoms with Crippen LogP contribution in [0.15, 0.2) is 55.6 Å². The molecule has 0 saturated heterocycles. The average molecular weight is 462 g/mol. The van der Waals surface area contributed by atoms with Crippen molar-refractivity contribution in [3.8, 4) is 11.5 Å². The highest BCUT2D eigenvalue weighted by Gasteiger charge is 2.17. The van der Waals surface area contributed by atoms with E-state index < -0.39 is 23.3 Å². The molecule has 9 nitrogen and oxygen atoms in total. The molecule has 0 aliphatic heterocycles. The van der Waals surface area contributed by atoms with E-state index in [0.29, 0.717) is 20.9 Å². The summed E-state index contributed by atoms with van der Waals surface area (Å²) in [5.74, 6) is -0.640. The zero-order valence-corrected chi connectivity index (χ0v) is 17.0. The number of H-pyrrole nitrogens is 1. The summed E-state index contributed by atoms with van der Waals surface area (Å²) in [6, 6.07) is 9.68. The topological polar surface area (TPSA) is 123 Å². The number of nitrogens with zero attached hydrogens (tertiary/aromatic N) is 2. The van der Waals surface area contributed by atoms with Crippen LogP contribution in [0.4, 0.5) is 0 Å². The number of rotatable bonds is 6. The highest BCUT2D eigenvalue weighted by molar-refractivity contribution is 9.10. The van der Waals surface area contributed by atoms with E-state index in [1.807, 2.05) is 0 Å². The molecule has 1 heterocycles. The number of ether oxygens (including phenoxy) is 2. The van der Waals surface area contributed by atoms with Gasteiger partial charge in [0.05, 0.1) is 24.2 Å². The normalized spacial score (nSPS) is 12.2. The quantitative estimate of drug-likeness (QED) is 0.542. The monoisotopic (exact) mass is 461 g/mol. The van der Waals surface area contributed by atoms with Crippen LogP contribution in [0, 0.1) is 0 Å². The van der Waals surface area contributed by atoms with E-state index in [9.17, 15) is 14.4 Å². The molecule has 0 spiro atoms. The van der Waals surface area contributed by atoms with Crippen LogP contribution in [0.5, 0.6) is 11.5 Å². The van der Waals surface area contributed by atoms with E-state index in [2.05, 4.69) is 26.0 Å². The Morgan fingerprint density at radius 2 is 2.00 bits per heavy atom. The van der Waals surface area contributed by atoms with Gasteiger partial charge in [-0.3, -0.25) is 4.79 Å². The number of hydrogen-bond acceptors (Lipinski definition) is 6. The number of aromatic nitrogens is 2. The molecule has 0 amide bonds. The van der Waals surface area contributed by atoms with E-state index in [0.717, 1.165) is 4.68 Å². The lowest BCUT2D eigenvalue weighted by molar-refractivity contribution is -0.144. The lowest BCUT2D eigenvalue weighted by Crippen LogP contribution is -2.32. The zero-order valence-electron chi connectivity index (χ0n) is 15.4. The van der Waals surface area contributed by atoms with E-state index in [1.165, 1.54) is 32.4 Å². The van der Waals surface area contributed by atoms with Crippen molar-refractivity contribution in [2.45, 2.75) is 13.0 Å². The lowest BCUT2D eigenvalue weighted by Gasteiger charge is -2.15. The SMILES string of the molecule is COc1cc(C=Nn2c(=O)[nH]c3ccccc3c2=O)c(Br)cc1O[C@H](C)C(=O)O. The number of aromatic amines is 1. The fourth-order valence-electron chi connectivity index (χ4n) is 2.52. The summed E-state index contributed by atoms with van der Waals surface area (Å²) in [6.45, 7) is 1.39. The number of benzene rings is 2. The molecule has 10 heteroatoms. The average Bonchev–Trinajstić information content (AvgIpc) is 2.69. The summed E-state index contributed by atoms with van der Waals surface area (Å²) < 4.78 is 11.8. The molecule has 3 rings (SSSR count). The zero-order chi connectivity index (χ0) is 21.1. The minimum atomic E-state index is -1.12. The number of para-hydroxylation sites is 1. The van der Waals surface area contributed by atoms with Crippen molar-refractivity contribution in [1.29, 1.82) is 0 Å². The highest BCUT2D eigenvalue weighted by atomic mass is 79.9. The number of nitrogens with one attached hydrogen (secondary N) is 1. The largest absolute Gasteiger partial charge is 0.493 e. The van der Waals surface area contributed by atoms with E-state index in [1.54, 1.807) is 24.3 Å². The standard InChI is InChI=1S/C19H16BrN3O6/c1-10(18(25)26)29-16-8-13(20)11(7-15(16)28-2)9-21-23-17(24)12-5-3-4-6-14(12)22-19(23)27/h3-10H,1-2H3,(H,22,27)(H,25,26)/t10-/m1/s1. The number of fused-ring (bicyclic) bond motifs is 1. The molecule has 0 fully saturated rings. The summed E-state index contributed by atoms with van der Waals surface area (Å²) in [6.07, 6.45) is 0.229. The smallest absolute Gasteiger partial charge is 0.349 e. The van der Waals surface area contributed by atoms with Gasteiger partial charge in [-0.1, -0.05) is 12.1 Å². The number of carbonyl (C=O) groups is 1. The third-order valence-electron chi connectivity index (χ3n) is 4.03. The van der Waals surface area contributed by atoms with Gasteiger partial charge >= 0.3 is 11.7 Å². The molecule has 2 N–H and O–H groups in total. The molecule has 0 aliphatic rings. The molecule has 150 valence electrons. The Hall–Kier alpha value is -3.40. The van der Waals surface area contributed by atoms with Crippen molar-refractivity contribution < 1.29 is 19.4 Å². The van der Waals surface area contributed by atoms with E-state index in [4.69, 9.17) is 14.6 Å². The number of carboxylic acids is 1. The molecule has 3 aromatic rings. The number of carboxylic acid groups (broad SMARTS) is 1. The van der Waals surface area contributed by atoms with Crippen LogP contribution in [-0.4, -0.2) is 40.2 Å². The first-order valence-electron chi connectivity index (χ1n) is 8.37. The van der Waals surface area contributed by atoms with Gasteiger partial charge < -0.3 is 19.6 Å². The highest BCUT2D eigenvalue weighted by Crippen LogP contribution is 2.33. The van der Waals surface area contributed by atoms with Gasteiger partial charge in [-0.05, 0) is 47.1 Å². The van der Waals surface area contributed by atoms with Crippen molar-refractivity contribution in [2.75, 3.05) is 7.11 Å². The maximum Gasteiger partial charge on any atom is 0.349 e. The molecule has 1 aromatic heterocycles. The summed E-state index contributed by atoms with van der Waals surface area (Å²) in [5, 5.41) is 13.3. The molecular weight excluding hydrogens is 446 g/mol. The molecule has 1 atom stereocenters. The maximum atomic E-state index is 12.5. The lowest BCUT2D eigenvalue weighted by atomic mass is 10.2. The fourth-order valence-corrected chi connectivity index (χ4v) is 2.94. The predicted molar refractivity (Wildman–Crippen MR) is 110 cm³/mol. The minimum absolute atomic E-state index is 0.215. The van der Waals surface area contributed by atoms with Gasteiger partial charge in [-0.25, -0.2) is 9.59 Å². The molecule has 0 radical (unpaired) electrons. The van der Waals surface area contributed by atoms with Crippen molar-refractivity contribution >= 4 is 39.0 Å². The second-order valence-electron chi connectivity index (χ2n) is 5.96. The first-order chi connectivity index (χ1) is 13.8. The third kappa shape index (κ3) is 4.21. The van der Waals surface area contributed by atoms with Crippen molar-refractivity contribution in [2.24, 2.45) is 5.10 Å². The molecule has 0 bridgehead atoms. The van der Waals surface area contributed by atoms with Crippen LogP contribution in [0.3, 0.4) is 0 Å². The Morgan fingerprint density at radius 3 is 2.69 bits per heavy atom. The van der Waals surface area contributed by atoms with Crippen LogP contribution in [0.2, 0.25) is 0 Å². The van der Waals surface area contributed by atoms with E-state index >= 15 is 0 Å². The van der Waals surface area contributed by atoms with Gasteiger partial charge in [0.1, 0.15) is 0 Å². The van der Waals surface area contributed by atoms with Gasteiger partial charge in [-0.15, -0.1) is 4.68 Å². The first-order valence-corrected chi connectivity index (χ1v) is 9.16. The van der Waals surface area contributed by atoms with Gasteiger partial charge in [0.15, 0.2) is 17.6 Å². The first kappa shape index (κ1) is 20.3. The molecule has 0 saturated carbocycles. The molecule has 2 aromatic carbocycles. The summed E-state index contributed by atoms with van der Waals surface area (Å²) in [4.78, 5) is 38.3. The second-order valence-corrected chi connectivity index (χ2v) is 6.81. The Kier molecular flexibility index (Phi) is 5.83. The Morgan fingerprint density at radius 1 is 1.28 bits per heavy atom. The van der Waals surface area contributed by atoms with Crippen LogP contribution in [0.1, 0.15) is 12.5 Å². The Bertz CT molecular complexity index is 1230. The maximum absolute atomic E-state index is 12.5. The second kappa shape index (κ2) is 8.31. The van der Waals surface area contributed by atoms with Gasteiger partial charge in [0, 0.05) is 10.0 Å². The van der Waals surface area contributed by atoms with Crippen LogP contribution in [0.25, 0.3) is 10.9 Å². The van der Waals surface area contributed by atoms with Crippen molar-refractivity contribution in [3.63, 3.8) is 0 Å². The van der Waals surface area contributed by atoms with Crippen LogP contribution >= 0.6 is 15.9 Å². The van der Waals surface area contributed by atoms with Gasteiger partial charge in [-0.2, -0.15) is 5.10 Å². The summed E-state index contributed by atoms with van der Waals surface area (Å²) in [5.41, 5.74) is -0.329. The van der Waals surface area contributed by atoms with Crippen LogP contribution in [-0.2, 0) is 4.79 Å². The van der Waals surface area contributed by atoms with E-state index in [-0.39, 0.29) is 11.5 Å².